The van der Waals surface area contributed by atoms with E-state index in [4.69, 9.17) is 0 Å². The van der Waals surface area contributed by atoms with Crippen LogP contribution in [-0.4, -0.2) is 23.5 Å². The van der Waals surface area contributed by atoms with Crippen molar-refractivity contribution in [3.05, 3.63) is 71.7 Å². The molecular weight excluding hydrogens is 354 g/mol. The van der Waals surface area contributed by atoms with Crippen LogP contribution < -0.4 is 10.2 Å². The summed E-state index contributed by atoms with van der Waals surface area (Å²) >= 11 is 1.59. The molecule has 0 spiro atoms. The molecule has 2 atom stereocenters. The van der Waals surface area contributed by atoms with Gasteiger partial charge in [0.2, 0.25) is 5.91 Å². The van der Waals surface area contributed by atoms with Gasteiger partial charge in [0.1, 0.15) is 6.04 Å². The van der Waals surface area contributed by atoms with Crippen LogP contribution in [0.4, 0.5) is 5.13 Å². The molecule has 1 saturated heterocycles. The van der Waals surface area contributed by atoms with Crippen LogP contribution in [0.3, 0.4) is 0 Å². The number of amides is 1. The van der Waals surface area contributed by atoms with Gasteiger partial charge in [-0.25, -0.2) is 4.98 Å². The second kappa shape index (κ2) is 7.92. The second-order valence-electron chi connectivity index (χ2n) is 6.88. The van der Waals surface area contributed by atoms with Gasteiger partial charge in [0.15, 0.2) is 5.13 Å². The number of nitrogens with one attached hydrogen (secondary N) is 1. The Morgan fingerprint density at radius 1 is 1.15 bits per heavy atom. The van der Waals surface area contributed by atoms with Crippen molar-refractivity contribution in [2.45, 2.75) is 31.8 Å². The van der Waals surface area contributed by atoms with E-state index in [2.05, 4.69) is 51.6 Å². The van der Waals surface area contributed by atoms with Crippen LogP contribution in [0.1, 0.15) is 31.4 Å². The second-order valence-corrected chi connectivity index (χ2v) is 7.76. The minimum absolute atomic E-state index is 0.0268. The lowest BCUT2D eigenvalue weighted by molar-refractivity contribution is -0.122. The van der Waals surface area contributed by atoms with Crippen LogP contribution in [0.15, 0.2) is 66.2 Å². The van der Waals surface area contributed by atoms with Gasteiger partial charge in [0.25, 0.3) is 0 Å². The number of carbonyl (C=O) groups excluding carboxylic acids is 1. The van der Waals surface area contributed by atoms with Gasteiger partial charge in [-0.15, -0.1) is 11.3 Å². The van der Waals surface area contributed by atoms with Gasteiger partial charge in [-0.05, 0) is 36.5 Å². The Hall–Kier alpha value is -2.66. The molecule has 2 heterocycles. The topological polar surface area (TPSA) is 45.2 Å². The molecule has 1 amide bonds. The first-order valence-electron chi connectivity index (χ1n) is 9.34. The third kappa shape index (κ3) is 3.88. The molecule has 138 valence electrons. The number of thiazole rings is 1. The molecular formula is C22H23N3OS. The Labute approximate surface area is 163 Å². The predicted molar refractivity (Wildman–Crippen MR) is 111 cm³/mol. The van der Waals surface area contributed by atoms with Crippen LogP contribution >= 0.6 is 11.3 Å². The molecule has 2 unspecified atom stereocenters. The van der Waals surface area contributed by atoms with Gasteiger partial charge in [-0.1, -0.05) is 54.6 Å². The Bertz CT molecular complexity index is 878. The first-order chi connectivity index (χ1) is 13.2. The van der Waals surface area contributed by atoms with Crippen LogP contribution in [0.5, 0.6) is 0 Å². The van der Waals surface area contributed by atoms with Crippen molar-refractivity contribution < 1.29 is 4.79 Å². The first kappa shape index (κ1) is 17.7. The fourth-order valence-corrected chi connectivity index (χ4v) is 4.33. The summed E-state index contributed by atoms with van der Waals surface area (Å²) in [4.78, 5) is 19.3. The SMILES string of the molecule is CC(NC(=O)C1CCCN1c1nccs1)c1ccc(-c2ccccc2)cc1. The molecule has 4 nitrogen and oxygen atoms in total. The summed E-state index contributed by atoms with van der Waals surface area (Å²) in [5, 5.41) is 6.08. The van der Waals surface area contributed by atoms with Crippen molar-refractivity contribution in [1.82, 2.24) is 10.3 Å². The summed E-state index contributed by atoms with van der Waals surface area (Å²) in [6.07, 6.45) is 3.70. The molecule has 1 fully saturated rings. The van der Waals surface area contributed by atoms with E-state index >= 15 is 0 Å². The average Bonchev–Trinajstić information content (AvgIpc) is 3.40. The van der Waals surface area contributed by atoms with Gasteiger partial charge in [-0.3, -0.25) is 4.79 Å². The molecule has 1 N–H and O–H groups in total. The summed E-state index contributed by atoms with van der Waals surface area (Å²) in [6, 6.07) is 18.6. The molecule has 0 aliphatic carbocycles. The largest absolute Gasteiger partial charge is 0.348 e. The number of aromatic nitrogens is 1. The number of nitrogens with zero attached hydrogens (tertiary/aromatic N) is 2. The van der Waals surface area contributed by atoms with Crippen molar-refractivity contribution in [2.75, 3.05) is 11.4 Å². The fourth-order valence-electron chi connectivity index (χ4n) is 3.61. The summed E-state index contributed by atoms with van der Waals surface area (Å²) in [5.74, 6) is 0.0855. The molecule has 2 aromatic carbocycles. The Morgan fingerprint density at radius 2 is 1.89 bits per heavy atom. The van der Waals surface area contributed by atoms with Gasteiger partial charge >= 0.3 is 0 Å². The molecule has 0 bridgehead atoms. The zero-order valence-corrected chi connectivity index (χ0v) is 16.2. The molecule has 5 heteroatoms. The van der Waals surface area contributed by atoms with Crippen molar-refractivity contribution in [3.63, 3.8) is 0 Å². The molecule has 1 aliphatic rings. The zero-order chi connectivity index (χ0) is 18.6. The minimum Gasteiger partial charge on any atom is -0.348 e. The summed E-state index contributed by atoms with van der Waals surface area (Å²) in [5.41, 5.74) is 3.50. The van der Waals surface area contributed by atoms with E-state index in [-0.39, 0.29) is 18.0 Å². The predicted octanol–water partition coefficient (Wildman–Crippen LogP) is 4.66. The van der Waals surface area contributed by atoms with E-state index in [0.717, 1.165) is 30.1 Å². The van der Waals surface area contributed by atoms with E-state index in [0.29, 0.717) is 0 Å². The lowest BCUT2D eigenvalue weighted by atomic mass is 10.0. The summed E-state index contributed by atoms with van der Waals surface area (Å²) < 4.78 is 0. The maximum absolute atomic E-state index is 12.8. The Morgan fingerprint density at radius 3 is 2.59 bits per heavy atom. The van der Waals surface area contributed by atoms with Crippen LogP contribution in [0, 0.1) is 0 Å². The normalized spacial score (nSPS) is 17.7. The molecule has 3 aromatic rings. The highest BCUT2D eigenvalue weighted by molar-refractivity contribution is 7.13. The van der Waals surface area contributed by atoms with Crippen molar-refractivity contribution in [2.24, 2.45) is 0 Å². The average molecular weight is 378 g/mol. The molecule has 0 radical (unpaired) electrons. The van der Waals surface area contributed by atoms with Crippen LogP contribution in [0.2, 0.25) is 0 Å². The molecule has 1 aromatic heterocycles. The van der Waals surface area contributed by atoms with E-state index in [9.17, 15) is 4.79 Å². The standard InChI is InChI=1S/C22H23N3OS/c1-16(17-9-11-19(12-10-17)18-6-3-2-4-7-18)24-21(26)20-8-5-14-25(20)22-23-13-15-27-22/h2-4,6-7,9-13,15-16,20H,5,8,14H2,1H3,(H,24,26). The van der Waals surface area contributed by atoms with Gasteiger partial charge < -0.3 is 10.2 Å². The number of carbonyl (C=O) groups is 1. The third-order valence-electron chi connectivity index (χ3n) is 5.10. The molecule has 4 rings (SSSR count). The Kier molecular flexibility index (Phi) is 5.21. The Balaban J connectivity index is 1.42. The monoisotopic (exact) mass is 377 g/mol. The maximum Gasteiger partial charge on any atom is 0.243 e. The number of hydrogen-bond donors (Lipinski definition) is 1. The third-order valence-corrected chi connectivity index (χ3v) is 5.91. The first-order valence-corrected chi connectivity index (χ1v) is 10.2. The molecule has 0 saturated carbocycles. The fraction of sp³-hybridized carbons (Fsp3) is 0.273. The van der Waals surface area contributed by atoms with Crippen LogP contribution in [-0.2, 0) is 4.79 Å². The van der Waals surface area contributed by atoms with E-state index in [1.807, 2.05) is 30.5 Å². The smallest absolute Gasteiger partial charge is 0.243 e. The summed E-state index contributed by atoms with van der Waals surface area (Å²) in [7, 11) is 0. The highest BCUT2D eigenvalue weighted by Gasteiger charge is 2.32. The lowest BCUT2D eigenvalue weighted by Crippen LogP contribution is -2.44. The number of rotatable bonds is 5. The maximum atomic E-state index is 12.8. The zero-order valence-electron chi connectivity index (χ0n) is 15.3. The number of hydrogen-bond acceptors (Lipinski definition) is 4. The van der Waals surface area contributed by atoms with Gasteiger partial charge in [0, 0.05) is 18.1 Å². The van der Waals surface area contributed by atoms with E-state index in [1.165, 1.54) is 11.1 Å². The number of anilines is 1. The highest BCUT2D eigenvalue weighted by Crippen LogP contribution is 2.28. The van der Waals surface area contributed by atoms with Gasteiger partial charge in [0.05, 0.1) is 6.04 Å². The quantitative estimate of drug-likeness (QED) is 0.704. The van der Waals surface area contributed by atoms with Crippen LogP contribution in [0.25, 0.3) is 11.1 Å². The highest BCUT2D eigenvalue weighted by atomic mass is 32.1. The van der Waals surface area contributed by atoms with Gasteiger partial charge in [-0.2, -0.15) is 0 Å². The van der Waals surface area contributed by atoms with Crippen molar-refractivity contribution in [3.8, 4) is 11.1 Å². The minimum atomic E-state index is -0.123. The number of benzene rings is 2. The van der Waals surface area contributed by atoms with Crippen molar-refractivity contribution >= 4 is 22.4 Å². The molecule has 1 aliphatic heterocycles. The summed E-state index contributed by atoms with van der Waals surface area (Å²) in [6.45, 7) is 2.93. The lowest BCUT2D eigenvalue weighted by Gasteiger charge is -2.25. The van der Waals surface area contributed by atoms with E-state index in [1.54, 1.807) is 17.5 Å². The molecule has 27 heavy (non-hydrogen) atoms. The van der Waals surface area contributed by atoms with E-state index < -0.39 is 0 Å². The van der Waals surface area contributed by atoms with Crippen molar-refractivity contribution in [1.29, 1.82) is 0 Å².